The highest BCUT2D eigenvalue weighted by Crippen LogP contribution is 2.32. The predicted molar refractivity (Wildman–Crippen MR) is 121 cm³/mol. The van der Waals surface area contributed by atoms with Crippen LogP contribution in [0, 0.1) is 0 Å². The number of hydrogen-bond acceptors (Lipinski definition) is 5. The maximum Gasteiger partial charge on any atom is 0.294 e. The van der Waals surface area contributed by atoms with Gasteiger partial charge in [-0.05, 0) is 65.2 Å². The Bertz CT molecular complexity index is 1130. The van der Waals surface area contributed by atoms with Crippen molar-refractivity contribution in [1.82, 2.24) is 9.88 Å². The molecule has 3 amide bonds. The van der Waals surface area contributed by atoms with Crippen LogP contribution in [0.15, 0.2) is 84.0 Å². The van der Waals surface area contributed by atoms with E-state index in [0.29, 0.717) is 10.6 Å². The molecule has 7 heteroatoms. The van der Waals surface area contributed by atoms with Crippen LogP contribution >= 0.6 is 11.8 Å². The number of hydrogen-bond donors (Lipinski definition) is 1. The number of nitrogens with one attached hydrogen (secondary N) is 1. The molecule has 0 radical (unpaired) electrons. The Balaban J connectivity index is 1.35. The number of carbonyl (C=O) groups is 3. The summed E-state index contributed by atoms with van der Waals surface area (Å²) in [6.07, 6.45) is 5.93. The van der Waals surface area contributed by atoms with Crippen LogP contribution in [0.5, 0.6) is 0 Å². The molecule has 0 saturated carbocycles. The van der Waals surface area contributed by atoms with Crippen LogP contribution in [0.1, 0.15) is 16.7 Å². The minimum absolute atomic E-state index is 0.310. The largest absolute Gasteiger partial charge is 0.325 e. The lowest BCUT2D eigenvalue weighted by atomic mass is 10.1. The van der Waals surface area contributed by atoms with Gasteiger partial charge in [0.25, 0.3) is 11.1 Å². The van der Waals surface area contributed by atoms with Gasteiger partial charge in [0.2, 0.25) is 5.91 Å². The third kappa shape index (κ3) is 5.26. The number of pyridine rings is 1. The van der Waals surface area contributed by atoms with Crippen molar-refractivity contribution < 1.29 is 14.4 Å². The van der Waals surface area contributed by atoms with E-state index >= 15 is 0 Å². The molecule has 31 heavy (non-hydrogen) atoms. The Hall–Kier alpha value is -3.71. The average Bonchev–Trinajstić information content (AvgIpc) is 3.04. The summed E-state index contributed by atoms with van der Waals surface area (Å²) in [4.78, 5) is 42.5. The van der Waals surface area contributed by atoms with Gasteiger partial charge in [0.05, 0.1) is 4.91 Å². The van der Waals surface area contributed by atoms with Crippen LogP contribution in [-0.2, 0) is 16.0 Å². The molecule has 1 aliphatic heterocycles. The Morgan fingerprint density at radius 2 is 1.61 bits per heavy atom. The van der Waals surface area contributed by atoms with E-state index in [-0.39, 0.29) is 6.54 Å². The van der Waals surface area contributed by atoms with Crippen molar-refractivity contribution in [2.75, 3.05) is 11.9 Å². The zero-order valence-electron chi connectivity index (χ0n) is 16.5. The summed E-state index contributed by atoms with van der Waals surface area (Å²) in [7, 11) is 0. The number of amides is 3. The fourth-order valence-electron chi connectivity index (χ4n) is 3.12. The van der Waals surface area contributed by atoms with Crippen molar-refractivity contribution in [1.29, 1.82) is 0 Å². The summed E-state index contributed by atoms with van der Waals surface area (Å²) in [5.74, 6) is -0.883. The van der Waals surface area contributed by atoms with Crippen LogP contribution in [0.25, 0.3) is 6.08 Å². The van der Waals surface area contributed by atoms with E-state index in [2.05, 4.69) is 10.3 Å². The lowest BCUT2D eigenvalue weighted by Crippen LogP contribution is -2.36. The van der Waals surface area contributed by atoms with E-state index in [4.69, 9.17) is 0 Å². The van der Waals surface area contributed by atoms with Crippen LogP contribution in [-0.4, -0.2) is 33.5 Å². The van der Waals surface area contributed by atoms with Gasteiger partial charge in [-0.25, -0.2) is 0 Å². The zero-order chi connectivity index (χ0) is 21.6. The van der Waals surface area contributed by atoms with Crippen LogP contribution < -0.4 is 5.32 Å². The summed E-state index contributed by atoms with van der Waals surface area (Å²) in [5, 5.41) is 2.29. The lowest BCUT2D eigenvalue weighted by molar-refractivity contribution is -0.127. The third-order valence-corrected chi connectivity index (χ3v) is 5.58. The molecule has 1 aliphatic rings. The summed E-state index contributed by atoms with van der Waals surface area (Å²) < 4.78 is 0. The number of nitrogens with zero attached hydrogens (tertiary/aromatic N) is 2. The fourth-order valence-corrected chi connectivity index (χ4v) is 3.96. The van der Waals surface area contributed by atoms with E-state index in [9.17, 15) is 14.4 Å². The maximum atomic E-state index is 12.6. The molecule has 154 valence electrons. The normalized spacial score (nSPS) is 14.8. The number of aromatic nitrogens is 1. The molecular weight excluding hydrogens is 410 g/mol. The van der Waals surface area contributed by atoms with Gasteiger partial charge in [-0.15, -0.1) is 0 Å². The monoisotopic (exact) mass is 429 g/mol. The minimum atomic E-state index is -0.457. The molecule has 0 bridgehead atoms. The number of imide groups is 1. The Morgan fingerprint density at radius 1 is 0.935 bits per heavy atom. The summed E-state index contributed by atoms with van der Waals surface area (Å²) in [5.41, 5.74) is 3.68. The lowest BCUT2D eigenvalue weighted by Gasteiger charge is -2.12. The molecule has 0 unspecified atom stereocenters. The molecular formula is C24H19N3O3S. The molecule has 1 aromatic heterocycles. The van der Waals surface area contributed by atoms with Crippen molar-refractivity contribution in [2.24, 2.45) is 0 Å². The van der Waals surface area contributed by atoms with Gasteiger partial charge in [0.1, 0.15) is 6.54 Å². The van der Waals surface area contributed by atoms with Crippen molar-refractivity contribution in [3.63, 3.8) is 0 Å². The fraction of sp³-hybridized carbons (Fsp3) is 0.0833. The first-order chi connectivity index (χ1) is 15.1. The molecule has 6 nitrogen and oxygen atoms in total. The number of benzene rings is 2. The Kier molecular flexibility index (Phi) is 6.24. The van der Waals surface area contributed by atoms with Crippen LogP contribution in [0.4, 0.5) is 10.5 Å². The van der Waals surface area contributed by atoms with Gasteiger partial charge < -0.3 is 5.32 Å². The molecule has 3 aromatic rings. The first-order valence-electron chi connectivity index (χ1n) is 9.66. The molecule has 2 aromatic carbocycles. The van der Waals surface area contributed by atoms with Gasteiger partial charge in [0.15, 0.2) is 0 Å². The topological polar surface area (TPSA) is 79.4 Å². The molecule has 2 heterocycles. The van der Waals surface area contributed by atoms with Crippen molar-refractivity contribution in [3.8, 4) is 0 Å². The molecule has 0 aliphatic carbocycles. The van der Waals surface area contributed by atoms with E-state index in [1.807, 2.05) is 54.6 Å². The second kappa shape index (κ2) is 9.40. The SMILES string of the molecule is O=C(CN1C(=O)S/C(=C/c2ccccc2)C1=O)Nc1ccc(Cc2ccncc2)cc1. The number of thioether (sulfide) groups is 1. The molecule has 4 rings (SSSR count). The van der Waals surface area contributed by atoms with Crippen LogP contribution in [0.2, 0.25) is 0 Å². The number of carbonyl (C=O) groups excluding carboxylic acids is 3. The number of anilines is 1. The molecule has 0 spiro atoms. The van der Waals surface area contributed by atoms with E-state index in [0.717, 1.165) is 39.8 Å². The van der Waals surface area contributed by atoms with Gasteiger partial charge in [-0.3, -0.25) is 24.3 Å². The number of rotatable bonds is 6. The first-order valence-corrected chi connectivity index (χ1v) is 10.5. The van der Waals surface area contributed by atoms with Crippen LogP contribution in [0.3, 0.4) is 0 Å². The zero-order valence-corrected chi connectivity index (χ0v) is 17.3. The molecule has 0 atom stereocenters. The smallest absolute Gasteiger partial charge is 0.294 e. The quantitative estimate of drug-likeness (QED) is 0.590. The van der Waals surface area contributed by atoms with E-state index < -0.39 is 17.1 Å². The van der Waals surface area contributed by atoms with Gasteiger partial charge in [0, 0.05) is 18.1 Å². The summed E-state index contributed by atoms with van der Waals surface area (Å²) in [6.45, 7) is -0.324. The third-order valence-electron chi connectivity index (χ3n) is 4.67. The second-order valence-corrected chi connectivity index (χ2v) is 7.95. The summed E-state index contributed by atoms with van der Waals surface area (Å²) in [6, 6.07) is 20.7. The van der Waals surface area contributed by atoms with Crippen molar-refractivity contribution >= 4 is 40.6 Å². The van der Waals surface area contributed by atoms with Gasteiger partial charge in [-0.2, -0.15) is 0 Å². The van der Waals surface area contributed by atoms with E-state index in [1.54, 1.807) is 30.6 Å². The predicted octanol–water partition coefficient (Wildman–Crippen LogP) is 4.35. The van der Waals surface area contributed by atoms with E-state index in [1.165, 1.54) is 0 Å². The highest BCUT2D eigenvalue weighted by Gasteiger charge is 2.36. The van der Waals surface area contributed by atoms with Gasteiger partial charge in [-0.1, -0.05) is 42.5 Å². The maximum absolute atomic E-state index is 12.6. The Labute approximate surface area is 184 Å². The molecule has 1 fully saturated rings. The Morgan fingerprint density at radius 3 is 2.32 bits per heavy atom. The molecule has 1 saturated heterocycles. The highest BCUT2D eigenvalue weighted by molar-refractivity contribution is 8.18. The average molecular weight is 430 g/mol. The second-order valence-electron chi connectivity index (χ2n) is 6.96. The van der Waals surface area contributed by atoms with Crippen molar-refractivity contribution in [2.45, 2.75) is 6.42 Å². The molecule has 1 N–H and O–H groups in total. The van der Waals surface area contributed by atoms with Gasteiger partial charge >= 0.3 is 0 Å². The summed E-state index contributed by atoms with van der Waals surface area (Å²) >= 11 is 0.842. The van der Waals surface area contributed by atoms with Crippen molar-refractivity contribution in [3.05, 3.63) is 101 Å². The first kappa shape index (κ1) is 20.6. The minimum Gasteiger partial charge on any atom is -0.325 e. The highest BCUT2D eigenvalue weighted by atomic mass is 32.2. The standard InChI is InChI=1S/C24H19N3O3S/c28-22(26-20-8-6-18(7-9-20)14-19-10-12-25-13-11-19)16-27-23(29)21(31-24(27)30)15-17-4-2-1-3-5-17/h1-13,15H,14,16H2,(H,26,28)/b21-15+.